The van der Waals surface area contributed by atoms with Crippen molar-refractivity contribution in [1.82, 2.24) is 5.32 Å². The minimum Gasteiger partial charge on any atom is -0.383 e. The van der Waals surface area contributed by atoms with Crippen LogP contribution in [0.25, 0.3) is 0 Å². The standard InChI is InChI=1S/C14H29NOS/c1-13-6-5-7-14(12-13)17-11-4-3-8-15-9-10-16-2/h13-15H,3-12H2,1-2H3. The fraction of sp³-hybridized carbons (Fsp3) is 1.00. The van der Waals surface area contributed by atoms with Gasteiger partial charge >= 0.3 is 0 Å². The largest absolute Gasteiger partial charge is 0.383 e. The van der Waals surface area contributed by atoms with E-state index in [-0.39, 0.29) is 0 Å². The van der Waals surface area contributed by atoms with E-state index in [1.165, 1.54) is 44.3 Å². The van der Waals surface area contributed by atoms with Crippen molar-refractivity contribution in [3.8, 4) is 0 Å². The van der Waals surface area contributed by atoms with E-state index in [0.717, 1.165) is 30.9 Å². The second-order valence-corrected chi connectivity index (χ2v) is 6.62. The van der Waals surface area contributed by atoms with E-state index in [0.29, 0.717) is 0 Å². The second-order valence-electron chi connectivity index (χ2n) is 5.21. The van der Waals surface area contributed by atoms with Crippen LogP contribution >= 0.6 is 11.8 Å². The van der Waals surface area contributed by atoms with Gasteiger partial charge in [-0.05, 0) is 43.9 Å². The summed E-state index contributed by atoms with van der Waals surface area (Å²) in [7, 11) is 1.75. The van der Waals surface area contributed by atoms with Crippen molar-refractivity contribution >= 4 is 11.8 Å². The molecule has 0 spiro atoms. The zero-order valence-corrected chi connectivity index (χ0v) is 12.4. The Morgan fingerprint density at radius 3 is 2.88 bits per heavy atom. The minimum atomic E-state index is 0.828. The van der Waals surface area contributed by atoms with Gasteiger partial charge in [0, 0.05) is 18.9 Å². The second kappa shape index (κ2) is 10.2. The van der Waals surface area contributed by atoms with Crippen LogP contribution in [0.5, 0.6) is 0 Å². The summed E-state index contributed by atoms with van der Waals surface area (Å²) >= 11 is 2.22. The average Bonchev–Trinajstić information content (AvgIpc) is 2.33. The molecule has 1 aliphatic carbocycles. The lowest BCUT2D eigenvalue weighted by Gasteiger charge is -2.26. The zero-order chi connectivity index (χ0) is 12.3. The molecule has 0 amide bonds. The van der Waals surface area contributed by atoms with Crippen LogP contribution in [0, 0.1) is 5.92 Å². The molecule has 0 saturated heterocycles. The van der Waals surface area contributed by atoms with Gasteiger partial charge in [0.25, 0.3) is 0 Å². The molecule has 1 saturated carbocycles. The minimum absolute atomic E-state index is 0.828. The molecule has 0 heterocycles. The number of rotatable bonds is 9. The van der Waals surface area contributed by atoms with E-state index in [1.54, 1.807) is 7.11 Å². The Morgan fingerprint density at radius 2 is 2.12 bits per heavy atom. The fourth-order valence-electron chi connectivity index (χ4n) is 2.43. The molecule has 0 bridgehead atoms. The topological polar surface area (TPSA) is 21.3 Å². The first kappa shape index (κ1) is 15.3. The lowest BCUT2D eigenvalue weighted by atomic mass is 9.91. The van der Waals surface area contributed by atoms with Crippen LogP contribution in [0.15, 0.2) is 0 Å². The molecule has 1 N–H and O–H groups in total. The molecule has 0 aromatic rings. The Hall–Kier alpha value is 0.270. The maximum atomic E-state index is 4.99. The number of methoxy groups -OCH3 is 1. The molecule has 0 aromatic carbocycles. The van der Waals surface area contributed by atoms with Crippen LogP contribution in [0.4, 0.5) is 0 Å². The number of nitrogens with one attached hydrogen (secondary N) is 1. The Bertz CT molecular complexity index is 178. The number of unbranched alkanes of at least 4 members (excludes halogenated alkanes) is 1. The number of thioether (sulfide) groups is 1. The van der Waals surface area contributed by atoms with Crippen LogP contribution in [0.1, 0.15) is 45.4 Å². The molecule has 1 rings (SSSR count). The quantitative estimate of drug-likeness (QED) is 0.642. The highest BCUT2D eigenvalue weighted by atomic mass is 32.2. The maximum Gasteiger partial charge on any atom is 0.0587 e. The van der Waals surface area contributed by atoms with Gasteiger partial charge in [0.05, 0.1) is 6.61 Å². The van der Waals surface area contributed by atoms with Gasteiger partial charge in [0.2, 0.25) is 0 Å². The Balaban J connectivity index is 1.83. The van der Waals surface area contributed by atoms with Gasteiger partial charge in [0.1, 0.15) is 0 Å². The molecule has 1 fully saturated rings. The van der Waals surface area contributed by atoms with Gasteiger partial charge < -0.3 is 10.1 Å². The lowest BCUT2D eigenvalue weighted by Crippen LogP contribution is -2.20. The molecule has 102 valence electrons. The molecule has 3 heteroatoms. The zero-order valence-electron chi connectivity index (χ0n) is 11.5. The molecular weight excluding hydrogens is 230 g/mol. The molecule has 0 radical (unpaired) electrons. The molecule has 2 unspecified atom stereocenters. The first-order chi connectivity index (χ1) is 8.33. The summed E-state index contributed by atoms with van der Waals surface area (Å²) in [5.74, 6) is 2.32. The normalized spacial score (nSPS) is 25.1. The van der Waals surface area contributed by atoms with Gasteiger partial charge in [-0.2, -0.15) is 11.8 Å². The highest BCUT2D eigenvalue weighted by Gasteiger charge is 2.18. The summed E-state index contributed by atoms with van der Waals surface area (Å²) in [6.45, 7) is 5.37. The van der Waals surface area contributed by atoms with Crippen molar-refractivity contribution < 1.29 is 4.74 Å². The van der Waals surface area contributed by atoms with E-state index in [1.807, 2.05) is 0 Å². The van der Waals surface area contributed by atoms with Crippen LogP contribution in [-0.2, 0) is 4.74 Å². The van der Waals surface area contributed by atoms with Crippen molar-refractivity contribution in [3.63, 3.8) is 0 Å². The van der Waals surface area contributed by atoms with E-state index in [4.69, 9.17) is 4.74 Å². The summed E-state index contributed by atoms with van der Waals surface area (Å²) in [5, 5.41) is 4.36. The summed E-state index contributed by atoms with van der Waals surface area (Å²) in [5.41, 5.74) is 0. The van der Waals surface area contributed by atoms with Crippen molar-refractivity contribution in [2.45, 2.75) is 50.7 Å². The monoisotopic (exact) mass is 259 g/mol. The first-order valence-corrected chi connectivity index (χ1v) is 8.19. The van der Waals surface area contributed by atoms with Crippen molar-refractivity contribution in [2.24, 2.45) is 5.92 Å². The Kier molecular flexibility index (Phi) is 9.21. The third-order valence-corrected chi connectivity index (χ3v) is 4.90. The van der Waals surface area contributed by atoms with Gasteiger partial charge in [-0.25, -0.2) is 0 Å². The Labute approximate surface area is 111 Å². The van der Waals surface area contributed by atoms with Crippen molar-refractivity contribution in [3.05, 3.63) is 0 Å². The maximum absolute atomic E-state index is 4.99. The van der Waals surface area contributed by atoms with Gasteiger partial charge in [-0.1, -0.05) is 19.8 Å². The molecule has 0 aromatic heterocycles. The highest BCUT2D eigenvalue weighted by Crippen LogP contribution is 2.32. The SMILES string of the molecule is COCCNCCCCSC1CCCC(C)C1. The summed E-state index contributed by atoms with van der Waals surface area (Å²) in [4.78, 5) is 0. The molecular formula is C14H29NOS. The average molecular weight is 259 g/mol. The van der Waals surface area contributed by atoms with Crippen LogP contribution in [0.2, 0.25) is 0 Å². The Morgan fingerprint density at radius 1 is 1.24 bits per heavy atom. The predicted molar refractivity (Wildman–Crippen MR) is 77.9 cm³/mol. The van der Waals surface area contributed by atoms with Gasteiger partial charge in [0.15, 0.2) is 0 Å². The van der Waals surface area contributed by atoms with Crippen LogP contribution in [-0.4, -0.2) is 37.8 Å². The number of ether oxygens (including phenoxy) is 1. The molecule has 17 heavy (non-hydrogen) atoms. The lowest BCUT2D eigenvalue weighted by molar-refractivity contribution is 0.199. The molecule has 1 aliphatic rings. The molecule has 2 atom stereocenters. The first-order valence-electron chi connectivity index (χ1n) is 7.14. The molecule has 2 nitrogen and oxygen atoms in total. The van der Waals surface area contributed by atoms with E-state index in [9.17, 15) is 0 Å². The highest BCUT2D eigenvalue weighted by molar-refractivity contribution is 7.99. The van der Waals surface area contributed by atoms with Gasteiger partial charge in [-0.3, -0.25) is 0 Å². The number of hydrogen-bond donors (Lipinski definition) is 1. The smallest absolute Gasteiger partial charge is 0.0587 e. The fourth-order valence-corrected chi connectivity index (χ4v) is 3.93. The van der Waals surface area contributed by atoms with Crippen LogP contribution in [0.3, 0.4) is 0 Å². The van der Waals surface area contributed by atoms with Crippen molar-refractivity contribution in [1.29, 1.82) is 0 Å². The van der Waals surface area contributed by atoms with Gasteiger partial charge in [-0.15, -0.1) is 0 Å². The van der Waals surface area contributed by atoms with Crippen molar-refractivity contribution in [2.75, 3.05) is 32.6 Å². The summed E-state index contributed by atoms with van der Waals surface area (Å²) in [6, 6.07) is 0. The van der Waals surface area contributed by atoms with E-state index >= 15 is 0 Å². The third kappa shape index (κ3) is 8.06. The number of hydrogen-bond acceptors (Lipinski definition) is 3. The van der Waals surface area contributed by atoms with E-state index in [2.05, 4.69) is 24.0 Å². The van der Waals surface area contributed by atoms with Crippen LogP contribution < -0.4 is 5.32 Å². The predicted octanol–water partition coefficient (Wildman–Crippen LogP) is 3.31. The van der Waals surface area contributed by atoms with E-state index < -0.39 is 0 Å². The summed E-state index contributed by atoms with van der Waals surface area (Å²) in [6.07, 6.45) is 8.49. The third-order valence-electron chi connectivity index (χ3n) is 3.47. The molecule has 0 aliphatic heterocycles. The summed E-state index contributed by atoms with van der Waals surface area (Å²) < 4.78 is 4.99.